The highest BCUT2D eigenvalue weighted by atomic mass is 16.2. The smallest absolute Gasteiger partial charge is 0.227 e. The van der Waals surface area contributed by atoms with Gasteiger partial charge in [0.25, 0.3) is 0 Å². The molecule has 25 heavy (non-hydrogen) atoms. The average Bonchev–Trinajstić information content (AvgIpc) is 3.29. The highest BCUT2D eigenvalue weighted by molar-refractivity contribution is 5.82. The summed E-state index contributed by atoms with van der Waals surface area (Å²) in [6.07, 6.45) is 14.6. The molecule has 0 N–H and O–H groups in total. The van der Waals surface area contributed by atoms with Crippen molar-refractivity contribution in [3.63, 3.8) is 0 Å². The van der Waals surface area contributed by atoms with E-state index in [1.165, 1.54) is 32.1 Å². The number of carbonyl (C=O) groups excluding carboxylic acids is 2. The Labute approximate surface area is 153 Å². The normalized spacial score (nSPS) is 29.6. The average molecular weight is 349 g/mol. The summed E-state index contributed by atoms with van der Waals surface area (Å²) in [6.45, 7) is 1.74. The Morgan fingerprint density at radius 3 is 2.40 bits per heavy atom. The molecule has 4 heteroatoms. The van der Waals surface area contributed by atoms with Crippen LogP contribution in [0, 0.1) is 11.8 Å². The third-order valence-electron chi connectivity index (χ3n) is 6.78. The summed E-state index contributed by atoms with van der Waals surface area (Å²) in [5.74, 6) is 1.40. The topological polar surface area (TPSA) is 40.6 Å². The molecule has 1 aliphatic heterocycles. The highest BCUT2D eigenvalue weighted by Crippen LogP contribution is 2.34. The Bertz CT molecular complexity index is 459. The zero-order chi connectivity index (χ0) is 17.6. The molecule has 0 aromatic heterocycles. The number of hydrogen-bond acceptors (Lipinski definition) is 2. The minimum Gasteiger partial charge on any atom is -0.345 e. The van der Waals surface area contributed by atoms with Crippen LogP contribution in [0.5, 0.6) is 0 Å². The zero-order valence-electron chi connectivity index (χ0n) is 16.0. The number of amides is 2. The first-order valence-electron chi connectivity index (χ1n) is 10.7. The molecule has 2 aliphatic carbocycles. The number of hydrogen-bond donors (Lipinski definition) is 0. The minimum absolute atomic E-state index is 0.0403. The van der Waals surface area contributed by atoms with E-state index in [1.807, 2.05) is 11.9 Å². The van der Waals surface area contributed by atoms with E-state index in [0.717, 1.165) is 64.0 Å². The van der Waals surface area contributed by atoms with Crippen LogP contribution < -0.4 is 0 Å². The molecule has 3 aliphatic rings. The van der Waals surface area contributed by atoms with Crippen molar-refractivity contribution in [2.45, 2.75) is 89.5 Å². The van der Waals surface area contributed by atoms with Gasteiger partial charge in [-0.05, 0) is 38.0 Å². The third-order valence-corrected chi connectivity index (χ3v) is 6.78. The highest BCUT2D eigenvalue weighted by Gasteiger charge is 2.39. The van der Waals surface area contributed by atoms with Crippen LogP contribution in [0.2, 0.25) is 0 Å². The van der Waals surface area contributed by atoms with Crippen molar-refractivity contribution >= 4 is 11.8 Å². The fraction of sp³-hybridized carbons (Fsp3) is 0.905. The van der Waals surface area contributed by atoms with E-state index in [1.54, 1.807) is 0 Å². The molecular weight excluding hydrogens is 312 g/mol. The SMILES string of the molecule is CN1CCCCCCN(C(=O)CCC2CCCC2)C2CCCC2C1=O. The third kappa shape index (κ3) is 4.77. The van der Waals surface area contributed by atoms with Gasteiger partial charge in [0.05, 0.1) is 5.92 Å². The van der Waals surface area contributed by atoms with Gasteiger partial charge in [-0.2, -0.15) is 0 Å². The number of carbonyl (C=O) groups is 2. The van der Waals surface area contributed by atoms with Crippen molar-refractivity contribution in [1.82, 2.24) is 9.80 Å². The molecule has 2 atom stereocenters. The lowest BCUT2D eigenvalue weighted by Crippen LogP contribution is -2.47. The molecule has 0 bridgehead atoms. The van der Waals surface area contributed by atoms with Crippen molar-refractivity contribution in [2.75, 3.05) is 20.1 Å². The van der Waals surface area contributed by atoms with Gasteiger partial charge in [0.2, 0.25) is 11.8 Å². The Morgan fingerprint density at radius 2 is 1.64 bits per heavy atom. The Hall–Kier alpha value is -1.06. The summed E-state index contributed by atoms with van der Waals surface area (Å²) in [4.78, 5) is 30.0. The van der Waals surface area contributed by atoms with Gasteiger partial charge in [-0.15, -0.1) is 0 Å². The van der Waals surface area contributed by atoms with E-state index in [4.69, 9.17) is 0 Å². The van der Waals surface area contributed by atoms with Crippen LogP contribution in [0.25, 0.3) is 0 Å². The molecular formula is C21H36N2O2. The Kier molecular flexibility index (Phi) is 6.77. The van der Waals surface area contributed by atoms with Gasteiger partial charge < -0.3 is 9.80 Å². The van der Waals surface area contributed by atoms with E-state index >= 15 is 0 Å². The second kappa shape index (κ2) is 9.05. The largest absolute Gasteiger partial charge is 0.345 e. The van der Waals surface area contributed by atoms with E-state index in [0.29, 0.717) is 12.3 Å². The first-order chi connectivity index (χ1) is 12.2. The summed E-state index contributed by atoms with van der Waals surface area (Å²) in [6, 6.07) is 0.157. The molecule has 0 aromatic rings. The van der Waals surface area contributed by atoms with Crippen LogP contribution in [0.3, 0.4) is 0 Å². The van der Waals surface area contributed by atoms with Gasteiger partial charge in [-0.1, -0.05) is 44.9 Å². The molecule has 2 unspecified atom stereocenters. The minimum atomic E-state index is 0.0403. The van der Waals surface area contributed by atoms with Gasteiger partial charge in [0.15, 0.2) is 0 Å². The molecule has 1 heterocycles. The maximum absolute atomic E-state index is 13.0. The quantitative estimate of drug-likeness (QED) is 0.774. The predicted molar refractivity (Wildman–Crippen MR) is 100 cm³/mol. The lowest BCUT2D eigenvalue weighted by Gasteiger charge is -2.34. The Balaban J connectivity index is 1.67. The van der Waals surface area contributed by atoms with Gasteiger partial charge in [-0.25, -0.2) is 0 Å². The van der Waals surface area contributed by atoms with E-state index < -0.39 is 0 Å². The Morgan fingerprint density at radius 1 is 0.920 bits per heavy atom. The first-order valence-corrected chi connectivity index (χ1v) is 10.7. The van der Waals surface area contributed by atoms with Crippen LogP contribution in [-0.4, -0.2) is 47.8 Å². The molecule has 0 aromatic carbocycles. The summed E-state index contributed by atoms with van der Waals surface area (Å²) in [5, 5.41) is 0. The van der Waals surface area contributed by atoms with Crippen LogP contribution in [0.4, 0.5) is 0 Å². The maximum atomic E-state index is 13.0. The second-order valence-electron chi connectivity index (χ2n) is 8.56. The molecule has 0 radical (unpaired) electrons. The van der Waals surface area contributed by atoms with E-state index in [9.17, 15) is 9.59 Å². The van der Waals surface area contributed by atoms with E-state index in [-0.39, 0.29) is 17.9 Å². The monoisotopic (exact) mass is 348 g/mol. The van der Waals surface area contributed by atoms with Crippen molar-refractivity contribution < 1.29 is 9.59 Å². The number of nitrogens with zero attached hydrogens (tertiary/aromatic N) is 2. The molecule has 0 spiro atoms. The fourth-order valence-corrected chi connectivity index (χ4v) is 5.23. The fourth-order valence-electron chi connectivity index (χ4n) is 5.23. The predicted octanol–water partition coefficient (Wildman–Crippen LogP) is 3.99. The van der Waals surface area contributed by atoms with Gasteiger partial charge in [0.1, 0.15) is 0 Å². The standard InChI is InChI=1S/C21H36N2O2/c1-22-15-6-2-3-7-16-23(19-12-8-11-18(19)21(22)25)20(24)14-13-17-9-4-5-10-17/h17-19H,2-16H2,1H3. The molecule has 4 nitrogen and oxygen atoms in total. The van der Waals surface area contributed by atoms with Crippen molar-refractivity contribution in [3.05, 3.63) is 0 Å². The molecule has 142 valence electrons. The lowest BCUT2D eigenvalue weighted by molar-refractivity contribution is -0.140. The van der Waals surface area contributed by atoms with Gasteiger partial charge >= 0.3 is 0 Å². The van der Waals surface area contributed by atoms with Crippen molar-refractivity contribution in [1.29, 1.82) is 0 Å². The van der Waals surface area contributed by atoms with Crippen LogP contribution >= 0.6 is 0 Å². The van der Waals surface area contributed by atoms with Crippen LogP contribution in [-0.2, 0) is 9.59 Å². The second-order valence-corrected chi connectivity index (χ2v) is 8.56. The summed E-state index contributed by atoms with van der Waals surface area (Å²) in [7, 11) is 1.95. The van der Waals surface area contributed by atoms with E-state index in [2.05, 4.69) is 4.90 Å². The summed E-state index contributed by atoms with van der Waals surface area (Å²) < 4.78 is 0. The van der Waals surface area contributed by atoms with Gasteiger partial charge in [-0.3, -0.25) is 9.59 Å². The summed E-state index contributed by atoms with van der Waals surface area (Å²) >= 11 is 0. The molecule has 3 fully saturated rings. The molecule has 2 amide bonds. The van der Waals surface area contributed by atoms with Gasteiger partial charge in [0, 0.05) is 32.6 Å². The molecule has 3 rings (SSSR count). The summed E-state index contributed by atoms with van der Waals surface area (Å²) in [5.41, 5.74) is 0. The van der Waals surface area contributed by atoms with Crippen molar-refractivity contribution in [2.24, 2.45) is 11.8 Å². The maximum Gasteiger partial charge on any atom is 0.227 e. The number of rotatable bonds is 3. The molecule has 2 saturated carbocycles. The lowest BCUT2D eigenvalue weighted by atomic mass is 9.97. The number of fused-ring (bicyclic) bond motifs is 1. The molecule has 1 saturated heterocycles. The van der Waals surface area contributed by atoms with Crippen molar-refractivity contribution in [3.8, 4) is 0 Å². The van der Waals surface area contributed by atoms with Crippen LogP contribution in [0.15, 0.2) is 0 Å². The zero-order valence-corrected chi connectivity index (χ0v) is 16.0. The first kappa shape index (κ1) is 18.7. The van der Waals surface area contributed by atoms with Crippen LogP contribution in [0.1, 0.15) is 83.5 Å².